The van der Waals surface area contributed by atoms with Crippen molar-refractivity contribution >= 4 is 23.2 Å². The van der Waals surface area contributed by atoms with Crippen LogP contribution in [0.1, 0.15) is 197 Å². The summed E-state index contributed by atoms with van der Waals surface area (Å²) in [5, 5.41) is 0. The van der Waals surface area contributed by atoms with Crippen molar-refractivity contribution in [2.24, 2.45) is 0 Å². The highest BCUT2D eigenvalue weighted by Gasteiger charge is 1.96. The first-order valence-electron chi connectivity index (χ1n) is 15.2. The maximum absolute atomic E-state index is 5.52. The van der Waals surface area contributed by atoms with Gasteiger partial charge in [0.1, 0.15) is 4.84 Å². The van der Waals surface area contributed by atoms with Gasteiger partial charge in [-0.05, 0) is 6.42 Å². The van der Waals surface area contributed by atoms with Crippen molar-refractivity contribution in [3.8, 4) is 0 Å². The Balaban J connectivity index is -0.000000100. The minimum absolute atomic E-state index is 0.151. The minimum Gasteiger partial charge on any atom is -0.105 e. The fraction of sp³-hybridized carbons (Fsp3) is 1.00. The van der Waals surface area contributed by atoms with Crippen LogP contribution in [0.4, 0.5) is 0 Å². The molecule has 0 aliphatic rings. The molecule has 0 saturated heterocycles. The van der Waals surface area contributed by atoms with E-state index in [1.165, 1.54) is 128 Å². The largest absolute Gasteiger partial charge is 0.107 e. The van der Waals surface area contributed by atoms with E-state index in [1.807, 2.05) is 0 Å². The molecule has 0 atom stereocenters. The maximum atomic E-state index is 5.52. The van der Waals surface area contributed by atoms with Crippen LogP contribution in [0.25, 0.3) is 0 Å². The van der Waals surface area contributed by atoms with Crippen LogP contribution in [0, 0.1) is 0 Å². The smallest absolute Gasteiger partial charge is 0.105 e. The molecule has 0 saturated carbocycles. The van der Waals surface area contributed by atoms with Crippen LogP contribution < -0.4 is 0 Å². The summed E-state index contributed by atoms with van der Waals surface area (Å²) in [6, 6.07) is 0. The van der Waals surface area contributed by atoms with E-state index in [0.29, 0.717) is 0 Å². The summed E-state index contributed by atoms with van der Waals surface area (Å²) in [5.41, 5.74) is 0. The van der Waals surface area contributed by atoms with Crippen molar-refractivity contribution in [2.75, 3.05) is 0 Å². The van der Waals surface area contributed by atoms with E-state index < -0.39 is 0 Å². The van der Waals surface area contributed by atoms with E-state index in [2.05, 4.69) is 62.3 Å². The highest BCUT2D eigenvalue weighted by Crippen LogP contribution is 2.12. The number of unbranched alkanes of at least 4 members (excludes halogenated alkanes) is 15. The Morgan fingerprint density at radius 2 is 0.485 bits per heavy atom. The molecular weight excluding hydrogens is 443 g/mol. The van der Waals surface area contributed by atoms with Gasteiger partial charge >= 0.3 is 0 Å². The summed E-state index contributed by atoms with van der Waals surface area (Å²) >= 11 is 11.0. The van der Waals surface area contributed by atoms with Crippen LogP contribution in [0.2, 0.25) is 0 Å². The monoisotopic (exact) mass is 512 g/mol. The van der Waals surface area contributed by atoms with Crippen LogP contribution in [0.15, 0.2) is 0 Å². The normalized spacial score (nSPS) is 9.45. The van der Waals surface area contributed by atoms with Gasteiger partial charge in [0, 0.05) is 0 Å². The highest BCUT2D eigenvalue weighted by atomic mass is 35.5. The lowest BCUT2D eigenvalue weighted by atomic mass is 10.2. The first-order chi connectivity index (χ1) is 15.9. The highest BCUT2D eigenvalue weighted by molar-refractivity contribution is 6.44. The SMILES string of the molecule is CCCCCC.CCCCCC.CCCCCC.CCCCCC.CCCCCCC(Cl)Cl. The fourth-order valence-corrected chi connectivity index (χ4v) is 3.03. The van der Waals surface area contributed by atoms with Gasteiger partial charge in [-0.3, -0.25) is 0 Å². The lowest BCUT2D eigenvalue weighted by Crippen LogP contribution is -1.85. The molecule has 0 aromatic rings. The van der Waals surface area contributed by atoms with Gasteiger partial charge < -0.3 is 0 Å². The van der Waals surface area contributed by atoms with Crippen LogP contribution in [0.5, 0.6) is 0 Å². The van der Waals surface area contributed by atoms with Crippen LogP contribution in [-0.2, 0) is 0 Å². The second-order valence-electron chi connectivity index (χ2n) is 9.07. The molecule has 0 nitrogen and oxygen atoms in total. The van der Waals surface area contributed by atoms with Gasteiger partial charge in [-0.1, -0.05) is 191 Å². The molecule has 0 bridgehead atoms. The molecule has 0 N–H and O–H groups in total. The van der Waals surface area contributed by atoms with E-state index in [0.717, 1.165) is 6.42 Å². The first-order valence-corrected chi connectivity index (χ1v) is 16.1. The van der Waals surface area contributed by atoms with Crippen molar-refractivity contribution in [3.63, 3.8) is 0 Å². The summed E-state index contributed by atoms with van der Waals surface area (Å²) in [6.45, 7) is 20.0. The Morgan fingerprint density at radius 1 is 0.303 bits per heavy atom. The van der Waals surface area contributed by atoms with Gasteiger partial charge in [0.25, 0.3) is 0 Å². The Labute approximate surface area is 224 Å². The van der Waals surface area contributed by atoms with Crippen molar-refractivity contribution in [2.45, 2.75) is 202 Å². The molecule has 0 aliphatic heterocycles. The Kier molecular flexibility index (Phi) is 71.1. The molecule has 2 heteroatoms. The zero-order valence-electron chi connectivity index (χ0n) is 25.2. The number of halogens is 2. The molecule has 0 fully saturated rings. The molecule has 0 heterocycles. The third kappa shape index (κ3) is 88.3. The van der Waals surface area contributed by atoms with Gasteiger partial charge in [-0.15, -0.1) is 23.2 Å². The van der Waals surface area contributed by atoms with Crippen molar-refractivity contribution < 1.29 is 0 Å². The lowest BCUT2D eigenvalue weighted by molar-refractivity contribution is 0.650. The molecule has 0 radical (unpaired) electrons. The second kappa shape index (κ2) is 53.8. The van der Waals surface area contributed by atoms with Crippen molar-refractivity contribution in [1.82, 2.24) is 0 Å². The van der Waals surface area contributed by atoms with E-state index in [1.54, 1.807) is 0 Å². The average molecular weight is 514 g/mol. The lowest BCUT2D eigenvalue weighted by Gasteiger charge is -1.98. The second-order valence-corrected chi connectivity index (χ2v) is 10.3. The molecule has 0 rings (SSSR count). The third-order valence-corrected chi connectivity index (χ3v) is 5.54. The van der Waals surface area contributed by atoms with E-state index >= 15 is 0 Å². The number of hydrogen-bond acceptors (Lipinski definition) is 0. The average Bonchev–Trinajstić information content (AvgIpc) is 2.83. The van der Waals surface area contributed by atoms with Crippen LogP contribution in [0.3, 0.4) is 0 Å². The minimum atomic E-state index is -0.151. The third-order valence-electron chi connectivity index (χ3n) is 5.10. The molecule has 0 aliphatic carbocycles. The molecule has 0 spiro atoms. The van der Waals surface area contributed by atoms with Gasteiger partial charge in [-0.2, -0.15) is 0 Å². The van der Waals surface area contributed by atoms with Gasteiger partial charge in [0.05, 0.1) is 0 Å². The molecule has 208 valence electrons. The molecule has 0 aromatic carbocycles. The summed E-state index contributed by atoms with van der Waals surface area (Å²) in [6.07, 6.45) is 28.1. The Bertz CT molecular complexity index is 181. The van der Waals surface area contributed by atoms with Gasteiger partial charge in [-0.25, -0.2) is 0 Å². The first kappa shape index (κ1) is 43.6. The quantitative estimate of drug-likeness (QED) is 0.134. The Hall–Kier alpha value is 0.580. The maximum Gasteiger partial charge on any atom is 0.107 e. The van der Waals surface area contributed by atoms with Crippen molar-refractivity contribution in [1.29, 1.82) is 0 Å². The Morgan fingerprint density at radius 3 is 0.636 bits per heavy atom. The molecular formula is C31H70Cl2. The van der Waals surface area contributed by atoms with E-state index in [4.69, 9.17) is 23.2 Å². The van der Waals surface area contributed by atoms with Crippen molar-refractivity contribution in [3.05, 3.63) is 0 Å². The molecule has 0 amide bonds. The summed E-state index contributed by atoms with van der Waals surface area (Å²) in [7, 11) is 0. The number of hydrogen-bond donors (Lipinski definition) is 0. The van der Waals surface area contributed by atoms with Gasteiger partial charge in [0.15, 0.2) is 0 Å². The van der Waals surface area contributed by atoms with E-state index in [9.17, 15) is 0 Å². The summed E-state index contributed by atoms with van der Waals surface area (Å²) in [5.74, 6) is 0. The zero-order chi connectivity index (χ0) is 26.4. The topological polar surface area (TPSA) is 0 Å². The standard InChI is InChI=1S/C7H14Cl2.4C6H14/c1-2-3-4-5-6-7(8)9;4*1-3-5-6-4-2/h7H,2-6H2,1H3;4*3-6H2,1-2H3. The fourth-order valence-electron chi connectivity index (χ4n) is 2.73. The summed E-state index contributed by atoms with van der Waals surface area (Å²) < 4.78 is 0. The molecule has 0 unspecified atom stereocenters. The number of rotatable bonds is 17. The van der Waals surface area contributed by atoms with Crippen LogP contribution >= 0.6 is 23.2 Å². The predicted molar refractivity (Wildman–Crippen MR) is 164 cm³/mol. The zero-order valence-corrected chi connectivity index (χ0v) is 26.7. The van der Waals surface area contributed by atoms with Gasteiger partial charge in [0.2, 0.25) is 0 Å². The molecule has 33 heavy (non-hydrogen) atoms. The summed E-state index contributed by atoms with van der Waals surface area (Å²) in [4.78, 5) is -0.151. The molecule has 0 aromatic heterocycles. The number of alkyl halides is 2. The van der Waals surface area contributed by atoms with Crippen LogP contribution in [-0.4, -0.2) is 4.84 Å². The van der Waals surface area contributed by atoms with E-state index in [-0.39, 0.29) is 4.84 Å². The predicted octanol–water partition coefficient (Wildman–Crippen LogP) is 14.1.